The number of carbonyl (C=O) groups is 4. The summed E-state index contributed by atoms with van der Waals surface area (Å²) in [6.07, 6.45) is 6.16. The maximum Gasteiger partial charge on any atom is 0.340 e. The van der Waals surface area contributed by atoms with Gasteiger partial charge in [0.2, 0.25) is 0 Å². The van der Waals surface area contributed by atoms with Crippen molar-refractivity contribution in [2.75, 3.05) is 28.4 Å². The highest BCUT2D eigenvalue weighted by Crippen LogP contribution is 2.37. The van der Waals surface area contributed by atoms with Gasteiger partial charge in [0.05, 0.1) is 50.9 Å². The number of fused-ring (bicyclic) bond motifs is 1. The van der Waals surface area contributed by atoms with Crippen molar-refractivity contribution in [3.63, 3.8) is 0 Å². The van der Waals surface area contributed by atoms with Crippen LogP contribution in [0.4, 0.5) is 0 Å². The molecule has 2 rings (SSSR count). The van der Waals surface area contributed by atoms with E-state index in [1.165, 1.54) is 17.2 Å². The highest BCUT2D eigenvalue weighted by molar-refractivity contribution is 6.15. The Morgan fingerprint density at radius 2 is 1.38 bits per heavy atom. The van der Waals surface area contributed by atoms with Crippen LogP contribution in [0.1, 0.15) is 0 Å². The first-order chi connectivity index (χ1) is 12.4. The fourth-order valence-corrected chi connectivity index (χ4v) is 2.72. The SMILES string of the molecule is COC(=O)C1=C(C(=O)OC)[C@@H](C(=O)OC)N2C=CC=CC2=C1C(=O)OC. The topological polar surface area (TPSA) is 108 Å². The standard InChI is InChI=1S/C17H17NO8/c1-23-14(19)10-9-7-5-6-8-18(9)13(17(22)26-4)12(16(21)25-3)11(10)15(20)24-2/h5-8,13H,1-4H3/t13-/m0/s1. The highest BCUT2D eigenvalue weighted by atomic mass is 16.5. The summed E-state index contributed by atoms with van der Waals surface area (Å²) in [5.74, 6) is -3.68. The minimum absolute atomic E-state index is 0.183. The van der Waals surface area contributed by atoms with E-state index >= 15 is 0 Å². The lowest BCUT2D eigenvalue weighted by Crippen LogP contribution is -2.47. The Balaban J connectivity index is 2.92. The summed E-state index contributed by atoms with van der Waals surface area (Å²) in [4.78, 5) is 50.9. The first-order valence-corrected chi connectivity index (χ1v) is 7.37. The van der Waals surface area contributed by atoms with Gasteiger partial charge in [0.25, 0.3) is 0 Å². The molecular formula is C17H17NO8. The van der Waals surface area contributed by atoms with Crippen molar-refractivity contribution in [2.24, 2.45) is 0 Å². The summed E-state index contributed by atoms with van der Waals surface area (Å²) in [6, 6.07) is -1.34. The lowest BCUT2D eigenvalue weighted by Gasteiger charge is -2.37. The van der Waals surface area contributed by atoms with Gasteiger partial charge in [0.15, 0.2) is 6.04 Å². The molecule has 0 aromatic carbocycles. The number of rotatable bonds is 4. The summed E-state index contributed by atoms with van der Waals surface area (Å²) < 4.78 is 19.0. The number of carbonyl (C=O) groups excluding carboxylic acids is 4. The Bertz CT molecular complexity index is 787. The zero-order valence-electron chi connectivity index (χ0n) is 14.6. The number of allylic oxidation sites excluding steroid dienone is 3. The van der Waals surface area contributed by atoms with Gasteiger partial charge in [-0.25, -0.2) is 19.2 Å². The van der Waals surface area contributed by atoms with Gasteiger partial charge in [-0.2, -0.15) is 0 Å². The van der Waals surface area contributed by atoms with E-state index in [4.69, 9.17) is 18.9 Å². The van der Waals surface area contributed by atoms with E-state index in [1.807, 2.05) is 0 Å². The Morgan fingerprint density at radius 1 is 0.808 bits per heavy atom. The number of nitrogens with zero attached hydrogens (tertiary/aromatic N) is 1. The Morgan fingerprint density at radius 3 is 1.92 bits per heavy atom. The Hall–Kier alpha value is -3.36. The number of methoxy groups -OCH3 is 4. The van der Waals surface area contributed by atoms with E-state index in [0.717, 1.165) is 28.4 Å². The van der Waals surface area contributed by atoms with E-state index in [0.29, 0.717) is 0 Å². The molecule has 2 heterocycles. The minimum atomic E-state index is -1.34. The van der Waals surface area contributed by atoms with E-state index in [2.05, 4.69) is 0 Å². The first-order valence-electron chi connectivity index (χ1n) is 7.37. The van der Waals surface area contributed by atoms with Crippen LogP contribution in [0.25, 0.3) is 0 Å². The van der Waals surface area contributed by atoms with E-state index in [-0.39, 0.29) is 16.8 Å². The largest absolute Gasteiger partial charge is 0.467 e. The molecule has 0 saturated carbocycles. The summed E-state index contributed by atoms with van der Waals surface area (Å²) in [5, 5.41) is 0. The quantitative estimate of drug-likeness (QED) is 0.503. The van der Waals surface area contributed by atoms with Crippen molar-refractivity contribution < 1.29 is 38.1 Å². The lowest BCUT2D eigenvalue weighted by atomic mass is 9.87. The average molecular weight is 363 g/mol. The van der Waals surface area contributed by atoms with Gasteiger partial charge in [0, 0.05) is 6.20 Å². The smallest absolute Gasteiger partial charge is 0.340 e. The van der Waals surface area contributed by atoms with Crippen molar-refractivity contribution in [3.8, 4) is 0 Å². The van der Waals surface area contributed by atoms with Gasteiger partial charge < -0.3 is 23.8 Å². The predicted molar refractivity (Wildman–Crippen MR) is 86.0 cm³/mol. The second-order valence-electron chi connectivity index (χ2n) is 5.06. The molecule has 0 aromatic heterocycles. The van der Waals surface area contributed by atoms with Crippen LogP contribution in [0, 0.1) is 0 Å². The normalized spacial score (nSPS) is 18.3. The summed E-state index contributed by atoms with van der Waals surface area (Å²) >= 11 is 0. The second kappa shape index (κ2) is 7.68. The molecule has 9 heteroatoms. The van der Waals surface area contributed by atoms with E-state index in [1.54, 1.807) is 12.2 Å². The van der Waals surface area contributed by atoms with Crippen LogP contribution in [0.2, 0.25) is 0 Å². The van der Waals surface area contributed by atoms with Gasteiger partial charge in [-0.3, -0.25) is 0 Å². The molecule has 0 spiro atoms. The van der Waals surface area contributed by atoms with Crippen LogP contribution >= 0.6 is 0 Å². The monoisotopic (exact) mass is 363 g/mol. The van der Waals surface area contributed by atoms with Crippen LogP contribution in [0.3, 0.4) is 0 Å². The fraction of sp³-hybridized carbons (Fsp3) is 0.294. The minimum Gasteiger partial charge on any atom is -0.467 e. The van der Waals surface area contributed by atoms with Crippen molar-refractivity contribution in [1.29, 1.82) is 0 Å². The molecule has 2 aliphatic heterocycles. The third kappa shape index (κ3) is 2.99. The van der Waals surface area contributed by atoms with E-state index < -0.39 is 35.5 Å². The van der Waals surface area contributed by atoms with E-state index in [9.17, 15) is 19.2 Å². The lowest BCUT2D eigenvalue weighted by molar-refractivity contribution is -0.148. The molecule has 0 radical (unpaired) electrons. The van der Waals surface area contributed by atoms with Crippen molar-refractivity contribution >= 4 is 23.9 Å². The van der Waals surface area contributed by atoms with Gasteiger partial charge in [-0.05, 0) is 12.2 Å². The van der Waals surface area contributed by atoms with Crippen LogP contribution in [0.15, 0.2) is 46.8 Å². The van der Waals surface area contributed by atoms with Crippen LogP contribution in [-0.4, -0.2) is 63.3 Å². The zero-order chi connectivity index (χ0) is 19.4. The van der Waals surface area contributed by atoms with Gasteiger partial charge in [-0.1, -0.05) is 6.08 Å². The first kappa shape index (κ1) is 19.0. The molecule has 9 nitrogen and oxygen atoms in total. The van der Waals surface area contributed by atoms with Gasteiger partial charge in [0.1, 0.15) is 0 Å². The molecule has 0 aliphatic carbocycles. The molecule has 0 amide bonds. The van der Waals surface area contributed by atoms with Crippen LogP contribution < -0.4 is 0 Å². The molecule has 0 fully saturated rings. The molecule has 1 atom stereocenters. The number of ether oxygens (including phenoxy) is 4. The average Bonchev–Trinajstić information content (AvgIpc) is 2.69. The molecular weight excluding hydrogens is 346 g/mol. The van der Waals surface area contributed by atoms with Crippen LogP contribution in [0.5, 0.6) is 0 Å². The van der Waals surface area contributed by atoms with Gasteiger partial charge in [-0.15, -0.1) is 0 Å². The molecule has 2 aliphatic rings. The number of esters is 4. The maximum atomic E-state index is 12.4. The van der Waals surface area contributed by atoms with Crippen molar-refractivity contribution in [2.45, 2.75) is 6.04 Å². The molecule has 0 N–H and O–H groups in total. The number of hydrogen-bond donors (Lipinski definition) is 0. The maximum absolute atomic E-state index is 12.4. The Kier molecular flexibility index (Phi) is 5.61. The Labute approximate surface area is 149 Å². The fourth-order valence-electron chi connectivity index (χ4n) is 2.72. The van der Waals surface area contributed by atoms with Gasteiger partial charge >= 0.3 is 23.9 Å². The third-order valence-electron chi connectivity index (χ3n) is 3.83. The molecule has 0 bridgehead atoms. The summed E-state index contributed by atoms with van der Waals surface area (Å²) in [6.45, 7) is 0. The van der Waals surface area contributed by atoms with Crippen LogP contribution in [-0.2, 0) is 38.1 Å². The molecule has 138 valence electrons. The van der Waals surface area contributed by atoms with Crippen molar-refractivity contribution in [1.82, 2.24) is 4.90 Å². The zero-order valence-corrected chi connectivity index (χ0v) is 14.6. The molecule has 0 unspecified atom stereocenters. The second-order valence-corrected chi connectivity index (χ2v) is 5.06. The molecule has 0 aromatic rings. The number of hydrogen-bond acceptors (Lipinski definition) is 9. The summed E-state index contributed by atoms with van der Waals surface area (Å²) in [5.41, 5.74) is -0.827. The molecule has 0 saturated heterocycles. The summed E-state index contributed by atoms with van der Waals surface area (Å²) in [7, 11) is 4.43. The predicted octanol–water partition coefficient (Wildman–Crippen LogP) is -0.00320. The van der Waals surface area contributed by atoms with Crippen molar-refractivity contribution in [3.05, 3.63) is 46.8 Å². The third-order valence-corrected chi connectivity index (χ3v) is 3.83. The highest BCUT2D eigenvalue weighted by Gasteiger charge is 2.47. The molecule has 26 heavy (non-hydrogen) atoms.